The molecule has 0 N–H and O–H groups in total. The molecular formula is C22H18N2O2. The van der Waals surface area contributed by atoms with Crippen LogP contribution < -0.4 is 0 Å². The first-order valence-electron chi connectivity index (χ1n) is 8.56. The zero-order chi connectivity index (χ0) is 17.9. The monoisotopic (exact) mass is 342 g/mol. The first kappa shape index (κ1) is 16.1. The third kappa shape index (κ3) is 2.97. The van der Waals surface area contributed by atoms with Gasteiger partial charge in [-0.05, 0) is 54.4 Å². The molecule has 0 aliphatic rings. The van der Waals surface area contributed by atoms with Crippen LogP contribution >= 0.6 is 0 Å². The van der Waals surface area contributed by atoms with Crippen molar-refractivity contribution in [2.75, 3.05) is 6.61 Å². The molecule has 4 heteroatoms. The Balaban J connectivity index is 1.68. The second-order valence-corrected chi connectivity index (χ2v) is 5.95. The van der Waals surface area contributed by atoms with E-state index in [4.69, 9.17) is 4.74 Å². The second kappa shape index (κ2) is 6.84. The number of hydrogen-bond acceptors (Lipinski definition) is 3. The number of carbonyl (C=O) groups is 1. The van der Waals surface area contributed by atoms with E-state index < -0.39 is 0 Å². The number of ether oxygens (including phenoxy) is 1. The molecule has 0 bridgehead atoms. The predicted molar refractivity (Wildman–Crippen MR) is 102 cm³/mol. The predicted octanol–water partition coefficient (Wildman–Crippen LogP) is 4.87. The van der Waals surface area contributed by atoms with Crippen LogP contribution in [0.5, 0.6) is 0 Å². The molecule has 0 radical (unpaired) electrons. The largest absolute Gasteiger partial charge is 0.462 e. The third-order valence-electron chi connectivity index (χ3n) is 4.31. The van der Waals surface area contributed by atoms with Crippen molar-refractivity contribution in [2.45, 2.75) is 6.92 Å². The Morgan fingerprint density at radius 2 is 1.73 bits per heavy atom. The van der Waals surface area contributed by atoms with Crippen molar-refractivity contribution < 1.29 is 9.53 Å². The van der Waals surface area contributed by atoms with Crippen LogP contribution in [0.1, 0.15) is 17.3 Å². The van der Waals surface area contributed by atoms with E-state index in [9.17, 15) is 4.79 Å². The Bertz CT molecular complexity index is 1050. The lowest BCUT2D eigenvalue weighted by Crippen LogP contribution is -2.04. The standard InChI is InChI=1S/C22H18N2O2/c1-2-26-22(25)17-8-11-19(12-9-17)24-15-23-20-14-18(10-13-21(20)24)16-6-4-3-5-7-16/h3-15H,2H2,1H3. The smallest absolute Gasteiger partial charge is 0.338 e. The van der Waals surface area contributed by atoms with E-state index in [0.29, 0.717) is 12.2 Å². The van der Waals surface area contributed by atoms with Crippen molar-refractivity contribution in [3.8, 4) is 16.8 Å². The van der Waals surface area contributed by atoms with Crippen molar-refractivity contribution in [1.82, 2.24) is 9.55 Å². The SMILES string of the molecule is CCOC(=O)c1ccc(-n2cnc3cc(-c4ccccc4)ccc32)cc1. The van der Waals surface area contributed by atoms with Crippen LogP contribution in [0.25, 0.3) is 27.8 Å². The van der Waals surface area contributed by atoms with Gasteiger partial charge in [0.05, 0.1) is 23.2 Å². The molecule has 128 valence electrons. The lowest BCUT2D eigenvalue weighted by Gasteiger charge is -2.07. The Morgan fingerprint density at radius 3 is 2.46 bits per heavy atom. The van der Waals surface area contributed by atoms with Crippen molar-refractivity contribution in [2.24, 2.45) is 0 Å². The van der Waals surface area contributed by atoms with Crippen molar-refractivity contribution >= 4 is 17.0 Å². The molecule has 0 saturated heterocycles. The lowest BCUT2D eigenvalue weighted by atomic mass is 10.1. The molecule has 3 aromatic carbocycles. The molecule has 4 nitrogen and oxygen atoms in total. The maximum atomic E-state index is 11.8. The van der Waals surface area contributed by atoms with Gasteiger partial charge in [0.15, 0.2) is 0 Å². The fourth-order valence-corrected chi connectivity index (χ4v) is 3.00. The fraction of sp³-hybridized carbons (Fsp3) is 0.0909. The van der Waals surface area contributed by atoms with E-state index >= 15 is 0 Å². The molecular weight excluding hydrogens is 324 g/mol. The summed E-state index contributed by atoms with van der Waals surface area (Å²) in [5.41, 5.74) is 5.76. The topological polar surface area (TPSA) is 44.1 Å². The van der Waals surface area contributed by atoms with Gasteiger partial charge in [-0.25, -0.2) is 9.78 Å². The van der Waals surface area contributed by atoms with E-state index in [2.05, 4.69) is 35.3 Å². The zero-order valence-corrected chi connectivity index (χ0v) is 14.4. The number of hydrogen-bond donors (Lipinski definition) is 0. The highest BCUT2D eigenvalue weighted by Crippen LogP contribution is 2.25. The molecule has 0 spiro atoms. The van der Waals surface area contributed by atoms with Crippen LogP contribution in [-0.2, 0) is 4.74 Å². The van der Waals surface area contributed by atoms with Gasteiger partial charge in [0.2, 0.25) is 0 Å². The summed E-state index contributed by atoms with van der Waals surface area (Å²) in [5, 5.41) is 0. The molecule has 0 aliphatic carbocycles. The minimum absolute atomic E-state index is 0.304. The number of fused-ring (bicyclic) bond motifs is 1. The van der Waals surface area contributed by atoms with Gasteiger partial charge in [0, 0.05) is 5.69 Å². The molecule has 1 heterocycles. The van der Waals surface area contributed by atoms with Gasteiger partial charge in [-0.3, -0.25) is 4.57 Å². The first-order chi connectivity index (χ1) is 12.8. The van der Waals surface area contributed by atoms with Gasteiger partial charge in [-0.15, -0.1) is 0 Å². The summed E-state index contributed by atoms with van der Waals surface area (Å²) >= 11 is 0. The second-order valence-electron chi connectivity index (χ2n) is 5.95. The average Bonchev–Trinajstić information content (AvgIpc) is 3.12. The summed E-state index contributed by atoms with van der Waals surface area (Å²) in [6, 6.07) is 23.9. The number of benzene rings is 3. The summed E-state index contributed by atoms with van der Waals surface area (Å²) in [5.74, 6) is -0.304. The first-order valence-corrected chi connectivity index (χ1v) is 8.56. The van der Waals surface area contributed by atoms with Crippen LogP contribution in [0, 0.1) is 0 Å². The number of esters is 1. The van der Waals surface area contributed by atoms with Gasteiger partial charge in [0.25, 0.3) is 0 Å². The summed E-state index contributed by atoms with van der Waals surface area (Å²) in [6.07, 6.45) is 1.80. The van der Waals surface area contributed by atoms with Crippen molar-refractivity contribution in [3.05, 3.63) is 84.7 Å². The van der Waals surface area contributed by atoms with Crippen molar-refractivity contribution in [1.29, 1.82) is 0 Å². The molecule has 0 amide bonds. The number of carbonyl (C=O) groups excluding carboxylic acids is 1. The number of rotatable bonds is 4. The lowest BCUT2D eigenvalue weighted by molar-refractivity contribution is 0.0526. The molecule has 0 saturated carbocycles. The van der Waals surface area contributed by atoms with E-state index in [1.807, 2.05) is 34.9 Å². The minimum Gasteiger partial charge on any atom is -0.462 e. The maximum Gasteiger partial charge on any atom is 0.338 e. The molecule has 0 fully saturated rings. The molecule has 4 rings (SSSR count). The average molecular weight is 342 g/mol. The van der Waals surface area contributed by atoms with E-state index in [0.717, 1.165) is 22.3 Å². The van der Waals surface area contributed by atoms with Gasteiger partial charge in [-0.1, -0.05) is 36.4 Å². The Kier molecular flexibility index (Phi) is 4.23. The number of imidazole rings is 1. The Morgan fingerprint density at radius 1 is 0.962 bits per heavy atom. The maximum absolute atomic E-state index is 11.8. The summed E-state index contributed by atoms with van der Waals surface area (Å²) < 4.78 is 7.04. The van der Waals surface area contributed by atoms with Gasteiger partial charge in [-0.2, -0.15) is 0 Å². The molecule has 0 atom stereocenters. The van der Waals surface area contributed by atoms with Crippen molar-refractivity contribution in [3.63, 3.8) is 0 Å². The highest BCUT2D eigenvalue weighted by molar-refractivity contribution is 5.90. The van der Waals surface area contributed by atoms with Crippen LogP contribution in [0.15, 0.2) is 79.1 Å². The number of nitrogens with zero attached hydrogens (tertiary/aromatic N) is 2. The quantitative estimate of drug-likeness (QED) is 0.497. The van der Waals surface area contributed by atoms with E-state index in [1.165, 1.54) is 5.56 Å². The Labute approximate surface area is 151 Å². The normalized spacial score (nSPS) is 10.8. The highest BCUT2D eigenvalue weighted by Gasteiger charge is 2.09. The molecule has 4 aromatic rings. The minimum atomic E-state index is -0.304. The molecule has 0 aliphatic heterocycles. The summed E-state index contributed by atoms with van der Waals surface area (Å²) in [7, 11) is 0. The van der Waals surface area contributed by atoms with Crippen LogP contribution in [0.4, 0.5) is 0 Å². The molecule has 26 heavy (non-hydrogen) atoms. The summed E-state index contributed by atoms with van der Waals surface area (Å²) in [4.78, 5) is 16.3. The van der Waals surface area contributed by atoms with Crippen LogP contribution in [0.3, 0.4) is 0 Å². The molecule has 0 unspecified atom stereocenters. The number of aromatic nitrogens is 2. The van der Waals surface area contributed by atoms with Gasteiger partial charge >= 0.3 is 5.97 Å². The van der Waals surface area contributed by atoms with Crippen LogP contribution in [0.2, 0.25) is 0 Å². The molecule has 1 aromatic heterocycles. The summed E-state index contributed by atoms with van der Waals surface area (Å²) in [6.45, 7) is 2.17. The Hall–Kier alpha value is -3.40. The zero-order valence-electron chi connectivity index (χ0n) is 14.4. The van der Waals surface area contributed by atoms with E-state index in [-0.39, 0.29) is 5.97 Å². The van der Waals surface area contributed by atoms with Gasteiger partial charge < -0.3 is 4.74 Å². The van der Waals surface area contributed by atoms with Gasteiger partial charge in [0.1, 0.15) is 6.33 Å². The third-order valence-corrected chi connectivity index (χ3v) is 4.31. The highest BCUT2D eigenvalue weighted by atomic mass is 16.5. The van der Waals surface area contributed by atoms with Crippen LogP contribution in [-0.4, -0.2) is 22.1 Å². The fourth-order valence-electron chi connectivity index (χ4n) is 3.00. The van der Waals surface area contributed by atoms with E-state index in [1.54, 1.807) is 25.4 Å².